The first-order chi connectivity index (χ1) is 33.8. The molecule has 0 unspecified atom stereocenters. The molecule has 0 N–H and O–H groups in total. The average Bonchev–Trinajstić information content (AvgIpc) is 3.89. The van der Waals surface area contributed by atoms with E-state index >= 15 is 0 Å². The largest absolute Gasteiger partial charge is 0.310 e. The molecular weight excluding hydrogens is 819 g/mol. The fourth-order valence-electron chi connectivity index (χ4n) is 12.2. The molecule has 12 aromatic rings. The zero-order valence-corrected chi connectivity index (χ0v) is 37.3. The first-order valence-corrected chi connectivity index (χ1v) is 23.7. The van der Waals surface area contributed by atoms with Crippen molar-refractivity contribution in [3.8, 4) is 55.6 Å². The highest BCUT2D eigenvalue weighted by Crippen LogP contribution is 2.64. The minimum absolute atomic E-state index is 0.404. The van der Waals surface area contributed by atoms with Gasteiger partial charge in [-0.05, 0) is 147 Å². The van der Waals surface area contributed by atoms with Gasteiger partial charge in [-0.3, -0.25) is 0 Å². The zero-order chi connectivity index (χ0) is 44.8. The van der Waals surface area contributed by atoms with Crippen LogP contribution in [0.25, 0.3) is 88.0 Å². The van der Waals surface area contributed by atoms with E-state index < -0.39 is 5.41 Å². The van der Waals surface area contributed by atoms with E-state index in [1.54, 1.807) is 0 Å². The lowest BCUT2D eigenvalue weighted by Crippen LogP contribution is -2.25. The number of anilines is 3. The van der Waals surface area contributed by atoms with Crippen molar-refractivity contribution in [2.45, 2.75) is 5.41 Å². The molecule has 1 spiro atoms. The van der Waals surface area contributed by atoms with E-state index in [0.717, 1.165) is 22.6 Å². The summed E-state index contributed by atoms with van der Waals surface area (Å²) >= 11 is 0. The van der Waals surface area contributed by atoms with Crippen molar-refractivity contribution in [3.05, 3.63) is 283 Å². The molecule has 316 valence electrons. The van der Waals surface area contributed by atoms with Crippen LogP contribution in [0, 0.1) is 0 Å². The second-order valence-electron chi connectivity index (χ2n) is 18.2. The highest BCUT2D eigenvalue weighted by atomic mass is 15.1. The highest BCUT2D eigenvalue weighted by molar-refractivity contribution is 6.26. The lowest BCUT2D eigenvalue weighted by atomic mass is 9.70. The van der Waals surface area contributed by atoms with Crippen LogP contribution in [0.4, 0.5) is 17.1 Å². The van der Waals surface area contributed by atoms with Gasteiger partial charge in [-0.2, -0.15) is 0 Å². The Morgan fingerprint density at radius 2 is 0.618 bits per heavy atom. The van der Waals surface area contributed by atoms with Gasteiger partial charge in [0.15, 0.2) is 0 Å². The normalized spacial score (nSPS) is 12.8. The number of hydrogen-bond acceptors (Lipinski definition) is 1. The van der Waals surface area contributed by atoms with Crippen molar-refractivity contribution < 1.29 is 0 Å². The molecule has 0 amide bonds. The zero-order valence-electron chi connectivity index (χ0n) is 37.3. The molecule has 14 rings (SSSR count). The van der Waals surface area contributed by atoms with Crippen molar-refractivity contribution in [3.63, 3.8) is 0 Å². The summed E-state index contributed by atoms with van der Waals surface area (Å²) in [4.78, 5) is 2.41. The van der Waals surface area contributed by atoms with E-state index in [1.165, 1.54) is 105 Å². The Bertz CT molecular complexity index is 3910. The van der Waals surface area contributed by atoms with Crippen LogP contribution in [-0.2, 0) is 5.41 Å². The second-order valence-corrected chi connectivity index (χ2v) is 18.2. The quantitative estimate of drug-likeness (QED) is 0.151. The molecule has 0 aromatic heterocycles. The van der Waals surface area contributed by atoms with Crippen LogP contribution < -0.4 is 4.90 Å². The summed E-state index contributed by atoms with van der Waals surface area (Å²) in [7, 11) is 0. The Kier molecular flexibility index (Phi) is 8.57. The third-order valence-corrected chi connectivity index (χ3v) is 14.9. The maximum atomic E-state index is 2.41. The molecule has 0 aliphatic heterocycles. The minimum atomic E-state index is -0.404. The summed E-state index contributed by atoms with van der Waals surface area (Å²) in [5, 5.41) is 7.61. The van der Waals surface area contributed by atoms with Gasteiger partial charge in [0.2, 0.25) is 0 Å². The summed E-state index contributed by atoms with van der Waals surface area (Å²) in [5.74, 6) is 0. The molecule has 0 fully saturated rings. The number of benzene rings is 12. The van der Waals surface area contributed by atoms with Crippen molar-refractivity contribution >= 4 is 49.4 Å². The third-order valence-electron chi connectivity index (χ3n) is 14.9. The molecule has 1 heteroatoms. The molecule has 0 heterocycles. The Balaban J connectivity index is 0.933. The summed E-state index contributed by atoms with van der Waals surface area (Å²) in [6, 6.07) is 96.7. The smallest absolute Gasteiger partial charge is 0.0725 e. The Labute approximate surface area is 396 Å². The first kappa shape index (κ1) is 38.5. The fourth-order valence-corrected chi connectivity index (χ4v) is 12.2. The number of rotatable bonds is 6. The molecule has 12 aromatic carbocycles. The predicted molar refractivity (Wildman–Crippen MR) is 286 cm³/mol. The lowest BCUT2D eigenvalue weighted by Gasteiger charge is -2.30. The van der Waals surface area contributed by atoms with E-state index in [4.69, 9.17) is 0 Å². The summed E-state index contributed by atoms with van der Waals surface area (Å²) < 4.78 is 0. The van der Waals surface area contributed by atoms with E-state index in [2.05, 4.69) is 266 Å². The van der Waals surface area contributed by atoms with Gasteiger partial charge in [0.05, 0.1) is 5.41 Å². The summed E-state index contributed by atoms with van der Waals surface area (Å²) in [5.41, 5.74) is 20.8. The van der Waals surface area contributed by atoms with Crippen LogP contribution in [0.15, 0.2) is 261 Å². The van der Waals surface area contributed by atoms with Crippen LogP contribution in [0.5, 0.6) is 0 Å². The van der Waals surface area contributed by atoms with E-state index in [0.29, 0.717) is 0 Å². The van der Waals surface area contributed by atoms with E-state index in [1.807, 2.05) is 0 Å². The Hall–Kier alpha value is -8.78. The van der Waals surface area contributed by atoms with Crippen LogP contribution >= 0.6 is 0 Å². The van der Waals surface area contributed by atoms with Crippen molar-refractivity contribution in [1.82, 2.24) is 0 Å². The van der Waals surface area contributed by atoms with Crippen molar-refractivity contribution in [2.75, 3.05) is 4.90 Å². The van der Waals surface area contributed by atoms with Crippen LogP contribution in [0.1, 0.15) is 22.3 Å². The van der Waals surface area contributed by atoms with Gasteiger partial charge in [-0.1, -0.05) is 224 Å². The molecule has 1 nitrogen and oxygen atoms in total. The van der Waals surface area contributed by atoms with Gasteiger partial charge in [-0.25, -0.2) is 0 Å². The Morgan fingerprint density at radius 1 is 0.221 bits per heavy atom. The molecule has 0 atom stereocenters. The molecule has 0 saturated carbocycles. The van der Waals surface area contributed by atoms with Crippen molar-refractivity contribution in [1.29, 1.82) is 0 Å². The first-order valence-electron chi connectivity index (χ1n) is 23.7. The molecular formula is C67H43N. The lowest BCUT2D eigenvalue weighted by molar-refractivity contribution is 0.794. The molecule has 2 aliphatic rings. The SMILES string of the molecule is c1ccc(N(c2cccc(-c3ccccc3-c3ccccc3-c3cccc4c3-c3ccccc3C43c4ccccc4-c4ccccc43)c2)c2ccc3c4ccccc4c4ccccc4c3c2)cc1. The summed E-state index contributed by atoms with van der Waals surface area (Å²) in [6.45, 7) is 0. The van der Waals surface area contributed by atoms with E-state index in [9.17, 15) is 0 Å². The number of nitrogens with zero attached hydrogens (tertiary/aromatic N) is 1. The number of fused-ring (bicyclic) bond motifs is 16. The van der Waals surface area contributed by atoms with Gasteiger partial charge in [0.25, 0.3) is 0 Å². The highest BCUT2D eigenvalue weighted by Gasteiger charge is 2.52. The third kappa shape index (κ3) is 5.51. The maximum Gasteiger partial charge on any atom is 0.0725 e. The van der Waals surface area contributed by atoms with Crippen LogP contribution in [0.2, 0.25) is 0 Å². The van der Waals surface area contributed by atoms with Gasteiger partial charge < -0.3 is 4.90 Å². The van der Waals surface area contributed by atoms with Gasteiger partial charge in [0, 0.05) is 17.1 Å². The van der Waals surface area contributed by atoms with Gasteiger partial charge in [0.1, 0.15) is 0 Å². The maximum absolute atomic E-state index is 2.41. The molecule has 68 heavy (non-hydrogen) atoms. The molecule has 0 saturated heterocycles. The van der Waals surface area contributed by atoms with Gasteiger partial charge >= 0.3 is 0 Å². The number of para-hydroxylation sites is 1. The second kappa shape index (κ2) is 15.1. The molecule has 2 aliphatic carbocycles. The van der Waals surface area contributed by atoms with Crippen molar-refractivity contribution in [2.24, 2.45) is 0 Å². The standard InChI is InChI=1S/C67H43N/c1-2-21-45(22-3-1)68(47-40-41-56-53-29-7-6-27-51(53)52-28-9-11-31-55(52)61(56)43-47)46-23-18-20-44(42-46)48-24-4-5-25-49(48)50-26-8-10-30-54(50)59-35-19-39-65-66(59)60-34-14-17-38-64(60)67(65)62-36-15-12-32-57(62)58-33-13-16-37-63(58)67/h1-43H. The fraction of sp³-hybridized carbons (Fsp3) is 0.0149. The van der Waals surface area contributed by atoms with Gasteiger partial charge in [-0.15, -0.1) is 0 Å². The Morgan fingerprint density at radius 3 is 1.25 bits per heavy atom. The van der Waals surface area contributed by atoms with Crippen LogP contribution in [-0.4, -0.2) is 0 Å². The number of hydrogen-bond donors (Lipinski definition) is 0. The minimum Gasteiger partial charge on any atom is -0.310 e. The molecule has 0 bridgehead atoms. The van der Waals surface area contributed by atoms with Crippen LogP contribution in [0.3, 0.4) is 0 Å². The van der Waals surface area contributed by atoms with E-state index in [-0.39, 0.29) is 0 Å². The monoisotopic (exact) mass is 861 g/mol. The summed E-state index contributed by atoms with van der Waals surface area (Å²) in [6.07, 6.45) is 0. The molecule has 0 radical (unpaired) electrons. The predicted octanol–water partition coefficient (Wildman–Crippen LogP) is 18.0. The average molecular weight is 862 g/mol. The topological polar surface area (TPSA) is 3.24 Å².